The van der Waals surface area contributed by atoms with Crippen molar-refractivity contribution in [3.63, 3.8) is 0 Å². The van der Waals surface area contributed by atoms with E-state index in [4.69, 9.17) is 10.5 Å². The highest BCUT2D eigenvalue weighted by Crippen LogP contribution is 2.33. The second-order valence-corrected chi connectivity index (χ2v) is 5.61. The predicted molar refractivity (Wildman–Crippen MR) is 88.1 cm³/mol. The highest BCUT2D eigenvalue weighted by Gasteiger charge is 2.20. The first-order chi connectivity index (χ1) is 10.2. The normalized spacial score (nSPS) is 13.3. The summed E-state index contributed by atoms with van der Waals surface area (Å²) in [5, 5.41) is 0. The van der Waals surface area contributed by atoms with Crippen LogP contribution in [-0.2, 0) is 6.42 Å². The lowest BCUT2D eigenvalue weighted by atomic mass is 10.1. The van der Waals surface area contributed by atoms with Gasteiger partial charge in [-0.05, 0) is 49.1 Å². The second-order valence-electron chi connectivity index (χ2n) is 5.61. The Morgan fingerprint density at radius 2 is 2.05 bits per heavy atom. The van der Waals surface area contributed by atoms with Crippen molar-refractivity contribution in [2.45, 2.75) is 19.8 Å². The van der Waals surface area contributed by atoms with E-state index in [-0.39, 0.29) is 0 Å². The van der Waals surface area contributed by atoms with E-state index in [1.807, 2.05) is 24.3 Å². The molecule has 110 valence electrons. The van der Waals surface area contributed by atoms with Crippen molar-refractivity contribution in [1.29, 1.82) is 0 Å². The number of hydrogen-bond donors (Lipinski definition) is 1. The van der Waals surface area contributed by atoms with E-state index in [1.54, 1.807) is 0 Å². The van der Waals surface area contributed by atoms with Gasteiger partial charge in [-0.3, -0.25) is 0 Å². The number of benzene rings is 2. The third kappa shape index (κ3) is 3.13. The average Bonchev–Trinajstić information content (AvgIpc) is 2.88. The quantitative estimate of drug-likeness (QED) is 0.674. The Hall–Kier alpha value is -2.16. The molecular weight excluding hydrogens is 260 g/mol. The van der Waals surface area contributed by atoms with Gasteiger partial charge in [0.15, 0.2) is 0 Å². The third-order valence-corrected chi connectivity index (χ3v) is 3.95. The summed E-state index contributed by atoms with van der Waals surface area (Å²) in [6.07, 6.45) is 2.10. The summed E-state index contributed by atoms with van der Waals surface area (Å²) in [6.45, 7) is 4.87. The van der Waals surface area contributed by atoms with Gasteiger partial charge >= 0.3 is 0 Å². The van der Waals surface area contributed by atoms with Gasteiger partial charge in [0.05, 0.1) is 18.0 Å². The molecule has 0 atom stereocenters. The minimum Gasteiger partial charge on any atom is -0.494 e. The summed E-state index contributed by atoms with van der Waals surface area (Å²) in [7, 11) is 0. The number of nitrogens with zero attached hydrogens (tertiary/aromatic N) is 1. The molecule has 1 aliphatic heterocycles. The summed E-state index contributed by atoms with van der Waals surface area (Å²) < 4.78 is 5.81. The lowest BCUT2D eigenvalue weighted by Gasteiger charge is -2.21. The average molecular weight is 282 g/mol. The molecule has 3 heteroatoms. The molecule has 0 bridgehead atoms. The number of para-hydroxylation sites is 1. The third-order valence-electron chi connectivity index (χ3n) is 3.95. The van der Waals surface area contributed by atoms with Gasteiger partial charge in [0.2, 0.25) is 0 Å². The highest BCUT2D eigenvalue weighted by molar-refractivity contribution is 5.74. The standard InChI is InChI=1S/C18H22N2O/c1-14-5-2-7-16(13-14)21-12-4-10-20-11-9-15-6-3-8-17(19)18(15)20/h2-3,5-8,13H,4,9-12,19H2,1H3. The first-order valence-corrected chi connectivity index (χ1v) is 7.56. The number of rotatable bonds is 5. The molecule has 1 heterocycles. The van der Waals surface area contributed by atoms with E-state index < -0.39 is 0 Å². The van der Waals surface area contributed by atoms with Gasteiger partial charge in [-0.15, -0.1) is 0 Å². The molecule has 2 aromatic carbocycles. The van der Waals surface area contributed by atoms with Crippen LogP contribution >= 0.6 is 0 Å². The zero-order chi connectivity index (χ0) is 14.7. The Labute approximate surface area is 126 Å². The van der Waals surface area contributed by atoms with Crippen molar-refractivity contribution in [2.75, 3.05) is 30.3 Å². The first-order valence-electron chi connectivity index (χ1n) is 7.56. The SMILES string of the molecule is Cc1cccc(OCCCN2CCc3cccc(N)c32)c1. The summed E-state index contributed by atoms with van der Waals surface area (Å²) in [6, 6.07) is 14.4. The van der Waals surface area contributed by atoms with Crippen LogP contribution in [0.3, 0.4) is 0 Å². The van der Waals surface area contributed by atoms with Crippen molar-refractivity contribution in [3.8, 4) is 5.75 Å². The fourth-order valence-corrected chi connectivity index (χ4v) is 2.94. The van der Waals surface area contributed by atoms with Crippen LogP contribution in [0.4, 0.5) is 11.4 Å². The second kappa shape index (κ2) is 6.08. The zero-order valence-electron chi connectivity index (χ0n) is 12.5. The van der Waals surface area contributed by atoms with Gasteiger partial charge in [0.25, 0.3) is 0 Å². The zero-order valence-corrected chi connectivity index (χ0v) is 12.5. The van der Waals surface area contributed by atoms with Crippen LogP contribution < -0.4 is 15.4 Å². The lowest BCUT2D eigenvalue weighted by Crippen LogP contribution is -2.24. The van der Waals surface area contributed by atoms with Crippen LogP contribution in [-0.4, -0.2) is 19.7 Å². The van der Waals surface area contributed by atoms with E-state index in [0.29, 0.717) is 0 Å². The Morgan fingerprint density at radius 1 is 1.19 bits per heavy atom. The largest absolute Gasteiger partial charge is 0.494 e. The summed E-state index contributed by atoms with van der Waals surface area (Å²) in [5.41, 5.74) is 10.8. The van der Waals surface area contributed by atoms with Crippen molar-refractivity contribution < 1.29 is 4.74 Å². The van der Waals surface area contributed by atoms with Gasteiger partial charge in [-0.1, -0.05) is 24.3 Å². The molecule has 0 saturated carbocycles. The molecule has 0 fully saturated rings. The van der Waals surface area contributed by atoms with Crippen LogP contribution in [0.15, 0.2) is 42.5 Å². The van der Waals surface area contributed by atoms with E-state index >= 15 is 0 Å². The molecule has 3 nitrogen and oxygen atoms in total. The molecule has 21 heavy (non-hydrogen) atoms. The molecular formula is C18H22N2O. The van der Waals surface area contributed by atoms with Gasteiger partial charge in [-0.25, -0.2) is 0 Å². The number of hydrogen-bond acceptors (Lipinski definition) is 3. The molecule has 2 N–H and O–H groups in total. The van der Waals surface area contributed by atoms with Crippen LogP contribution in [0.25, 0.3) is 0 Å². The van der Waals surface area contributed by atoms with Gasteiger partial charge in [-0.2, -0.15) is 0 Å². The van der Waals surface area contributed by atoms with E-state index in [0.717, 1.165) is 44.0 Å². The molecule has 0 saturated heterocycles. The molecule has 0 spiro atoms. The maximum absolute atomic E-state index is 6.10. The summed E-state index contributed by atoms with van der Waals surface area (Å²) in [5.74, 6) is 0.955. The van der Waals surface area contributed by atoms with E-state index in [9.17, 15) is 0 Å². The Kier molecular flexibility index (Phi) is 4.00. The number of ether oxygens (including phenoxy) is 1. The van der Waals surface area contributed by atoms with E-state index in [1.165, 1.54) is 16.8 Å². The van der Waals surface area contributed by atoms with Gasteiger partial charge < -0.3 is 15.4 Å². The first kappa shape index (κ1) is 13.8. The smallest absolute Gasteiger partial charge is 0.119 e. The van der Waals surface area contributed by atoms with Crippen LogP contribution in [0.1, 0.15) is 17.5 Å². The lowest BCUT2D eigenvalue weighted by molar-refractivity contribution is 0.312. The van der Waals surface area contributed by atoms with Crippen molar-refractivity contribution >= 4 is 11.4 Å². The maximum atomic E-state index is 6.10. The summed E-state index contributed by atoms with van der Waals surface area (Å²) >= 11 is 0. The van der Waals surface area contributed by atoms with E-state index in [2.05, 4.69) is 30.0 Å². The fourth-order valence-electron chi connectivity index (χ4n) is 2.94. The number of fused-ring (bicyclic) bond motifs is 1. The Bertz CT molecular complexity index is 624. The summed E-state index contributed by atoms with van der Waals surface area (Å²) in [4.78, 5) is 2.38. The molecule has 0 amide bonds. The molecule has 1 aliphatic rings. The van der Waals surface area contributed by atoms with Crippen molar-refractivity contribution in [2.24, 2.45) is 0 Å². The molecule has 0 aliphatic carbocycles. The van der Waals surface area contributed by atoms with Crippen molar-refractivity contribution in [1.82, 2.24) is 0 Å². The minimum atomic E-state index is 0.738. The highest BCUT2D eigenvalue weighted by atomic mass is 16.5. The fraction of sp³-hybridized carbons (Fsp3) is 0.333. The maximum Gasteiger partial charge on any atom is 0.119 e. The minimum absolute atomic E-state index is 0.738. The van der Waals surface area contributed by atoms with Crippen LogP contribution in [0, 0.1) is 6.92 Å². The molecule has 2 aromatic rings. The number of nitrogen functional groups attached to an aromatic ring is 1. The topological polar surface area (TPSA) is 38.5 Å². The Morgan fingerprint density at radius 3 is 2.90 bits per heavy atom. The van der Waals surface area contributed by atoms with Crippen LogP contribution in [0.5, 0.6) is 5.75 Å². The van der Waals surface area contributed by atoms with Gasteiger partial charge in [0.1, 0.15) is 5.75 Å². The predicted octanol–water partition coefficient (Wildman–Crippen LogP) is 3.41. The number of nitrogens with two attached hydrogens (primary N) is 1. The Balaban J connectivity index is 1.51. The van der Waals surface area contributed by atoms with Crippen LogP contribution in [0.2, 0.25) is 0 Å². The molecule has 0 aromatic heterocycles. The molecule has 0 radical (unpaired) electrons. The number of aryl methyl sites for hydroxylation is 1. The van der Waals surface area contributed by atoms with Gasteiger partial charge in [0, 0.05) is 13.1 Å². The monoisotopic (exact) mass is 282 g/mol. The molecule has 0 unspecified atom stereocenters. The van der Waals surface area contributed by atoms with Crippen molar-refractivity contribution in [3.05, 3.63) is 53.6 Å². The molecule has 3 rings (SSSR count). The number of anilines is 2.